The number of anilines is 1. The Morgan fingerprint density at radius 1 is 0.931 bits per heavy atom. The van der Waals surface area contributed by atoms with Gasteiger partial charge in [0, 0.05) is 18.3 Å². The molecule has 0 saturated carbocycles. The predicted molar refractivity (Wildman–Crippen MR) is 114 cm³/mol. The third-order valence-corrected chi connectivity index (χ3v) is 4.25. The lowest BCUT2D eigenvalue weighted by atomic mass is 9.95. The first-order chi connectivity index (χ1) is 14.1. The highest BCUT2D eigenvalue weighted by atomic mass is 16.5. The minimum Gasteiger partial charge on any atom is -0.462 e. The topological polar surface area (TPSA) is 80.3 Å². The Kier molecular flexibility index (Phi) is 6.58. The van der Waals surface area contributed by atoms with E-state index in [0.29, 0.717) is 24.5 Å². The Morgan fingerprint density at radius 3 is 2.41 bits per heavy atom. The molecule has 0 fully saturated rings. The third-order valence-electron chi connectivity index (χ3n) is 4.25. The molecule has 0 aliphatic carbocycles. The summed E-state index contributed by atoms with van der Waals surface area (Å²) in [5.41, 5.74) is 4.04. The molecule has 0 atom stereocenters. The van der Waals surface area contributed by atoms with Crippen LogP contribution in [-0.2, 0) is 4.74 Å². The average Bonchev–Trinajstić information content (AvgIpc) is 2.75. The second kappa shape index (κ2) is 9.50. The number of nitrogens with one attached hydrogen (secondary N) is 2. The molecule has 3 aromatic rings. The Bertz CT molecular complexity index is 1000. The van der Waals surface area contributed by atoms with E-state index in [4.69, 9.17) is 4.74 Å². The van der Waals surface area contributed by atoms with Crippen molar-refractivity contribution >= 4 is 17.8 Å². The number of nitrogens with zero attached hydrogens (tertiary/aromatic N) is 1. The number of carbonyl (C=O) groups excluding carboxylic acids is 2. The number of rotatable bonds is 6. The highest BCUT2D eigenvalue weighted by Gasteiger charge is 2.13. The largest absolute Gasteiger partial charge is 0.462 e. The molecule has 0 aliphatic heterocycles. The second-order valence-corrected chi connectivity index (χ2v) is 6.27. The van der Waals surface area contributed by atoms with Gasteiger partial charge >= 0.3 is 12.0 Å². The number of amides is 2. The SMILES string of the molecule is CCNC(=O)Nc1cc(-c2ccccc2)c(-c2cccc(C(=O)OCC)c2)cn1. The maximum atomic E-state index is 12.1. The second-order valence-electron chi connectivity index (χ2n) is 6.27. The monoisotopic (exact) mass is 389 g/mol. The fourth-order valence-corrected chi connectivity index (χ4v) is 2.96. The molecule has 6 nitrogen and oxygen atoms in total. The van der Waals surface area contributed by atoms with Crippen LogP contribution in [0.5, 0.6) is 0 Å². The van der Waals surface area contributed by atoms with Crippen LogP contribution in [0, 0.1) is 0 Å². The zero-order valence-electron chi connectivity index (χ0n) is 16.4. The number of benzene rings is 2. The molecule has 0 unspecified atom stereocenters. The minimum atomic E-state index is -0.363. The molecule has 0 aliphatic rings. The van der Waals surface area contributed by atoms with Crippen molar-refractivity contribution in [2.24, 2.45) is 0 Å². The van der Waals surface area contributed by atoms with Crippen molar-refractivity contribution in [2.75, 3.05) is 18.5 Å². The summed E-state index contributed by atoms with van der Waals surface area (Å²) in [6.45, 7) is 4.47. The van der Waals surface area contributed by atoms with Gasteiger partial charge < -0.3 is 10.1 Å². The minimum absolute atomic E-state index is 0.309. The van der Waals surface area contributed by atoms with Gasteiger partial charge in [0.1, 0.15) is 5.82 Å². The Morgan fingerprint density at radius 2 is 1.69 bits per heavy atom. The number of ether oxygens (including phenoxy) is 1. The van der Waals surface area contributed by atoms with Crippen molar-refractivity contribution in [3.8, 4) is 22.3 Å². The van der Waals surface area contributed by atoms with E-state index >= 15 is 0 Å². The summed E-state index contributed by atoms with van der Waals surface area (Å²) in [5, 5.41) is 5.43. The lowest BCUT2D eigenvalue weighted by Crippen LogP contribution is -2.28. The molecule has 2 N–H and O–H groups in total. The van der Waals surface area contributed by atoms with Gasteiger partial charge in [-0.1, -0.05) is 42.5 Å². The molecule has 6 heteroatoms. The molecular weight excluding hydrogens is 366 g/mol. The third kappa shape index (κ3) is 4.99. The van der Waals surface area contributed by atoms with Gasteiger partial charge in [0.05, 0.1) is 12.2 Å². The summed E-state index contributed by atoms with van der Waals surface area (Å²) in [7, 11) is 0. The van der Waals surface area contributed by atoms with Crippen molar-refractivity contribution in [1.82, 2.24) is 10.3 Å². The Labute approximate surface area is 169 Å². The lowest BCUT2D eigenvalue weighted by Gasteiger charge is -2.13. The van der Waals surface area contributed by atoms with Crippen LogP contribution in [0.2, 0.25) is 0 Å². The van der Waals surface area contributed by atoms with Crippen molar-refractivity contribution in [1.29, 1.82) is 0 Å². The number of carbonyl (C=O) groups is 2. The zero-order chi connectivity index (χ0) is 20.6. The van der Waals surface area contributed by atoms with Crippen LogP contribution in [-0.4, -0.2) is 30.1 Å². The fourth-order valence-electron chi connectivity index (χ4n) is 2.96. The summed E-state index contributed by atoms with van der Waals surface area (Å²) in [6.07, 6.45) is 1.70. The predicted octanol–water partition coefficient (Wildman–Crippen LogP) is 4.73. The number of hydrogen-bond donors (Lipinski definition) is 2. The summed E-state index contributed by atoms with van der Waals surface area (Å²) in [4.78, 5) is 28.4. The Hall–Kier alpha value is -3.67. The smallest absolute Gasteiger partial charge is 0.338 e. The van der Waals surface area contributed by atoms with E-state index in [0.717, 1.165) is 22.3 Å². The van der Waals surface area contributed by atoms with Gasteiger partial charge in [0.15, 0.2) is 0 Å². The lowest BCUT2D eigenvalue weighted by molar-refractivity contribution is 0.0526. The fraction of sp³-hybridized carbons (Fsp3) is 0.174. The number of urea groups is 1. The van der Waals surface area contributed by atoms with Gasteiger partial charge in [-0.3, -0.25) is 5.32 Å². The first-order valence-electron chi connectivity index (χ1n) is 9.50. The van der Waals surface area contributed by atoms with Gasteiger partial charge in [0.25, 0.3) is 0 Å². The molecule has 0 saturated heterocycles. The number of hydrogen-bond acceptors (Lipinski definition) is 4. The molecule has 29 heavy (non-hydrogen) atoms. The number of pyridine rings is 1. The van der Waals surface area contributed by atoms with Crippen LogP contribution in [0.15, 0.2) is 66.9 Å². The van der Waals surface area contributed by atoms with Crippen molar-refractivity contribution < 1.29 is 14.3 Å². The van der Waals surface area contributed by atoms with E-state index in [1.165, 1.54) is 0 Å². The van der Waals surface area contributed by atoms with Gasteiger partial charge in [-0.15, -0.1) is 0 Å². The average molecular weight is 389 g/mol. The highest BCUT2D eigenvalue weighted by Crippen LogP contribution is 2.33. The summed E-state index contributed by atoms with van der Waals surface area (Å²) in [5.74, 6) is 0.0817. The van der Waals surface area contributed by atoms with E-state index in [2.05, 4.69) is 15.6 Å². The molecule has 3 rings (SSSR count). The molecule has 0 bridgehead atoms. The molecule has 2 amide bonds. The maximum absolute atomic E-state index is 12.1. The van der Waals surface area contributed by atoms with E-state index in [1.54, 1.807) is 25.3 Å². The van der Waals surface area contributed by atoms with E-state index in [1.807, 2.05) is 55.5 Å². The van der Waals surface area contributed by atoms with E-state index < -0.39 is 0 Å². The Balaban J connectivity index is 2.05. The standard InChI is InChI=1S/C23H23N3O3/c1-3-24-23(28)26-21-14-19(16-9-6-5-7-10-16)20(15-25-21)17-11-8-12-18(13-17)22(27)29-4-2/h5-15H,3-4H2,1-2H3,(H2,24,25,26,28). The van der Waals surface area contributed by atoms with Crippen LogP contribution >= 0.6 is 0 Å². The van der Waals surface area contributed by atoms with E-state index in [9.17, 15) is 9.59 Å². The van der Waals surface area contributed by atoms with Crippen molar-refractivity contribution in [3.63, 3.8) is 0 Å². The zero-order valence-corrected chi connectivity index (χ0v) is 16.4. The van der Waals surface area contributed by atoms with Gasteiger partial charge in [-0.05, 0) is 48.7 Å². The summed E-state index contributed by atoms with van der Waals surface area (Å²) >= 11 is 0. The quantitative estimate of drug-likeness (QED) is 0.597. The normalized spacial score (nSPS) is 10.3. The molecular formula is C23H23N3O3. The van der Waals surface area contributed by atoms with E-state index in [-0.39, 0.29) is 12.0 Å². The van der Waals surface area contributed by atoms with Crippen LogP contribution in [0.25, 0.3) is 22.3 Å². The number of aromatic nitrogens is 1. The van der Waals surface area contributed by atoms with Gasteiger partial charge in [0.2, 0.25) is 0 Å². The van der Waals surface area contributed by atoms with Crippen LogP contribution in [0.3, 0.4) is 0 Å². The molecule has 148 valence electrons. The molecule has 0 spiro atoms. The summed E-state index contributed by atoms with van der Waals surface area (Å²) < 4.78 is 5.11. The molecule has 1 heterocycles. The molecule has 1 aromatic heterocycles. The maximum Gasteiger partial charge on any atom is 0.338 e. The van der Waals surface area contributed by atoms with Crippen LogP contribution in [0.1, 0.15) is 24.2 Å². The van der Waals surface area contributed by atoms with Crippen molar-refractivity contribution in [3.05, 3.63) is 72.4 Å². The number of esters is 1. The summed E-state index contributed by atoms with van der Waals surface area (Å²) in [6, 6.07) is 18.6. The first kappa shape index (κ1) is 20.1. The molecule has 2 aromatic carbocycles. The van der Waals surface area contributed by atoms with Gasteiger partial charge in [-0.25, -0.2) is 14.6 Å². The van der Waals surface area contributed by atoms with Crippen molar-refractivity contribution in [2.45, 2.75) is 13.8 Å². The molecule has 0 radical (unpaired) electrons. The van der Waals surface area contributed by atoms with Crippen LogP contribution in [0.4, 0.5) is 10.6 Å². The van der Waals surface area contributed by atoms with Crippen LogP contribution < -0.4 is 10.6 Å². The first-order valence-corrected chi connectivity index (χ1v) is 9.50. The van der Waals surface area contributed by atoms with Gasteiger partial charge in [-0.2, -0.15) is 0 Å². The highest BCUT2D eigenvalue weighted by molar-refractivity contribution is 5.94.